The summed E-state index contributed by atoms with van der Waals surface area (Å²) in [5.41, 5.74) is 2.50. The fourth-order valence-electron chi connectivity index (χ4n) is 2.50. The predicted molar refractivity (Wildman–Crippen MR) is 84.7 cm³/mol. The van der Waals surface area contributed by atoms with E-state index in [1.807, 2.05) is 30.3 Å². The Labute approximate surface area is 133 Å². The maximum Gasteiger partial charge on any atom is 0.252 e. The molecule has 5 heteroatoms. The highest BCUT2D eigenvalue weighted by atomic mass is 35.5. The molecule has 2 N–H and O–H groups in total. The summed E-state index contributed by atoms with van der Waals surface area (Å²) >= 11 is 5.83. The van der Waals surface area contributed by atoms with Gasteiger partial charge in [0.05, 0.1) is 0 Å². The molecule has 1 atom stereocenters. The number of hydrogen-bond donors (Lipinski definition) is 2. The Kier molecular flexibility index (Phi) is 4.11. The summed E-state index contributed by atoms with van der Waals surface area (Å²) in [6.07, 6.45) is 0.508. The Balaban J connectivity index is 1.64. The van der Waals surface area contributed by atoms with Crippen LogP contribution in [-0.2, 0) is 17.8 Å². The van der Waals surface area contributed by atoms with E-state index in [1.165, 1.54) is 0 Å². The molecule has 2 aromatic rings. The molecule has 0 aliphatic carbocycles. The molecule has 0 fully saturated rings. The van der Waals surface area contributed by atoms with Crippen molar-refractivity contribution in [1.82, 2.24) is 10.6 Å². The van der Waals surface area contributed by atoms with Crippen molar-refractivity contribution in [3.05, 3.63) is 70.2 Å². The summed E-state index contributed by atoms with van der Waals surface area (Å²) < 4.78 is 0. The lowest BCUT2D eigenvalue weighted by Gasteiger charge is -2.24. The van der Waals surface area contributed by atoms with Crippen LogP contribution in [-0.4, -0.2) is 17.9 Å². The second-order valence-corrected chi connectivity index (χ2v) is 5.67. The van der Waals surface area contributed by atoms with Crippen molar-refractivity contribution >= 4 is 23.4 Å². The van der Waals surface area contributed by atoms with Crippen LogP contribution in [0.4, 0.5) is 0 Å². The normalized spacial score (nSPS) is 16.6. The average molecular weight is 315 g/mol. The van der Waals surface area contributed by atoms with Crippen LogP contribution in [0.2, 0.25) is 5.02 Å². The average Bonchev–Trinajstić information content (AvgIpc) is 2.54. The molecule has 0 aromatic heterocycles. The Morgan fingerprint density at radius 1 is 1.18 bits per heavy atom. The van der Waals surface area contributed by atoms with Crippen molar-refractivity contribution in [3.8, 4) is 0 Å². The van der Waals surface area contributed by atoms with Gasteiger partial charge in [-0.15, -0.1) is 0 Å². The number of halogens is 1. The fraction of sp³-hybridized carbons (Fsp3) is 0.176. The highest BCUT2D eigenvalue weighted by molar-refractivity contribution is 6.30. The molecule has 22 heavy (non-hydrogen) atoms. The number of hydrogen-bond acceptors (Lipinski definition) is 2. The van der Waals surface area contributed by atoms with Crippen molar-refractivity contribution in [2.45, 2.75) is 19.0 Å². The topological polar surface area (TPSA) is 58.2 Å². The standard InChI is InChI=1S/C17H15ClN2O2/c18-13-7-5-11(6-8-13)10-19-17(22)15-9-12-3-1-2-4-14(12)16(21)20-15/h1-8,15H,9-10H2,(H,19,22)(H,20,21). The molecule has 0 saturated carbocycles. The zero-order valence-electron chi connectivity index (χ0n) is 11.8. The molecule has 4 nitrogen and oxygen atoms in total. The summed E-state index contributed by atoms with van der Waals surface area (Å²) in [6, 6.07) is 14.1. The first-order valence-electron chi connectivity index (χ1n) is 7.04. The van der Waals surface area contributed by atoms with Crippen LogP contribution in [0.3, 0.4) is 0 Å². The van der Waals surface area contributed by atoms with Crippen molar-refractivity contribution in [3.63, 3.8) is 0 Å². The molecule has 1 aliphatic rings. The third-order valence-electron chi connectivity index (χ3n) is 3.69. The summed E-state index contributed by atoms with van der Waals surface area (Å²) in [5, 5.41) is 6.25. The molecule has 2 amide bonds. The van der Waals surface area contributed by atoms with Gasteiger partial charge >= 0.3 is 0 Å². The molecule has 1 aliphatic heterocycles. The summed E-state index contributed by atoms with van der Waals surface area (Å²) in [7, 11) is 0. The molecule has 0 saturated heterocycles. The molecule has 2 aromatic carbocycles. The SMILES string of the molecule is O=C1NC(C(=O)NCc2ccc(Cl)cc2)Cc2ccccc21. The van der Waals surface area contributed by atoms with Gasteiger partial charge in [0, 0.05) is 23.6 Å². The molecule has 0 bridgehead atoms. The zero-order valence-corrected chi connectivity index (χ0v) is 12.6. The van der Waals surface area contributed by atoms with E-state index in [-0.39, 0.29) is 11.8 Å². The van der Waals surface area contributed by atoms with E-state index < -0.39 is 6.04 Å². The summed E-state index contributed by atoms with van der Waals surface area (Å²) in [6.45, 7) is 0.407. The van der Waals surface area contributed by atoms with Gasteiger partial charge in [0.25, 0.3) is 5.91 Å². The predicted octanol–water partition coefficient (Wildman–Crippen LogP) is 2.31. The Morgan fingerprint density at radius 2 is 1.91 bits per heavy atom. The van der Waals surface area contributed by atoms with Crippen molar-refractivity contribution in [1.29, 1.82) is 0 Å². The van der Waals surface area contributed by atoms with Gasteiger partial charge < -0.3 is 10.6 Å². The number of benzene rings is 2. The van der Waals surface area contributed by atoms with E-state index in [0.29, 0.717) is 23.6 Å². The van der Waals surface area contributed by atoms with Gasteiger partial charge in [-0.05, 0) is 29.3 Å². The number of fused-ring (bicyclic) bond motifs is 1. The number of carbonyl (C=O) groups is 2. The van der Waals surface area contributed by atoms with Gasteiger partial charge in [-0.2, -0.15) is 0 Å². The van der Waals surface area contributed by atoms with Gasteiger partial charge in [-0.25, -0.2) is 0 Å². The van der Waals surface area contributed by atoms with E-state index >= 15 is 0 Å². The van der Waals surface area contributed by atoms with Crippen LogP contribution < -0.4 is 10.6 Å². The number of amides is 2. The molecule has 1 heterocycles. The largest absolute Gasteiger partial charge is 0.350 e. The van der Waals surface area contributed by atoms with E-state index in [4.69, 9.17) is 11.6 Å². The van der Waals surface area contributed by atoms with Gasteiger partial charge in [-0.3, -0.25) is 9.59 Å². The second-order valence-electron chi connectivity index (χ2n) is 5.23. The quantitative estimate of drug-likeness (QED) is 0.913. The smallest absolute Gasteiger partial charge is 0.252 e. The summed E-state index contributed by atoms with van der Waals surface area (Å²) in [5.74, 6) is -0.383. The zero-order chi connectivity index (χ0) is 15.5. The second kappa shape index (κ2) is 6.20. The van der Waals surface area contributed by atoms with E-state index in [2.05, 4.69) is 10.6 Å². The third kappa shape index (κ3) is 3.12. The molecule has 3 rings (SSSR count). The highest BCUT2D eigenvalue weighted by Crippen LogP contribution is 2.16. The first-order chi connectivity index (χ1) is 10.6. The summed E-state index contributed by atoms with van der Waals surface area (Å²) in [4.78, 5) is 24.2. The van der Waals surface area contributed by atoms with E-state index in [1.54, 1.807) is 18.2 Å². The number of nitrogens with one attached hydrogen (secondary N) is 2. The Bertz CT molecular complexity index is 713. The monoisotopic (exact) mass is 314 g/mol. The van der Waals surface area contributed by atoms with Crippen LogP contribution in [0, 0.1) is 0 Å². The lowest BCUT2D eigenvalue weighted by atomic mass is 9.95. The molecule has 0 spiro atoms. The maximum atomic E-state index is 12.2. The molecule has 112 valence electrons. The molecule has 1 unspecified atom stereocenters. The molecular weight excluding hydrogens is 300 g/mol. The lowest BCUT2D eigenvalue weighted by Crippen LogP contribution is -2.50. The van der Waals surface area contributed by atoms with Crippen LogP contribution >= 0.6 is 11.6 Å². The van der Waals surface area contributed by atoms with Crippen molar-refractivity contribution < 1.29 is 9.59 Å². The lowest BCUT2D eigenvalue weighted by molar-refractivity contribution is -0.123. The maximum absolute atomic E-state index is 12.2. The van der Waals surface area contributed by atoms with E-state index in [9.17, 15) is 9.59 Å². The van der Waals surface area contributed by atoms with Crippen LogP contribution in [0.1, 0.15) is 21.5 Å². The highest BCUT2D eigenvalue weighted by Gasteiger charge is 2.28. The van der Waals surface area contributed by atoms with Crippen LogP contribution in [0.15, 0.2) is 48.5 Å². The minimum Gasteiger partial charge on any atom is -0.350 e. The Morgan fingerprint density at radius 3 is 2.68 bits per heavy atom. The van der Waals surface area contributed by atoms with Gasteiger partial charge in [-0.1, -0.05) is 41.9 Å². The molecule has 0 radical (unpaired) electrons. The van der Waals surface area contributed by atoms with Gasteiger partial charge in [0.2, 0.25) is 5.91 Å². The number of carbonyl (C=O) groups excluding carboxylic acids is 2. The van der Waals surface area contributed by atoms with Gasteiger partial charge in [0.1, 0.15) is 6.04 Å². The van der Waals surface area contributed by atoms with Crippen LogP contribution in [0.5, 0.6) is 0 Å². The van der Waals surface area contributed by atoms with Crippen molar-refractivity contribution in [2.24, 2.45) is 0 Å². The first-order valence-corrected chi connectivity index (χ1v) is 7.42. The Hall–Kier alpha value is -2.33. The first kappa shape index (κ1) is 14.6. The minimum absolute atomic E-state index is 0.183. The van der Waals surface area contributed by atoms with Gasteiger partial charge in [0.15, 0.2) is 0 Å². The third-order valence-corrected chi connectivity index (χ3v) is 3.94. The fourth-order valence-corrected chi connectivity index (χ4v) is 2.63. The molecular formula is C17H15ClN2O2. The minimum atomic E-state index is -0.533. The van der Waals surface area contributed by atoms with Crippen molar-refractivity contribution in [2.75, 3.05) is 0 Å². The van der Waals surface area contributed by atoms with Crippen LogP contribution in [0.25, 0.3) is 0 Å². The number of rotatable bonds is 3. The van der Waals surface area contributed by atoms with E-state index in [0.717, 1.165) is 11.1 Å².